The van der Waals surface area contributed by atoms with Crippen molar-refractivity contribution in [2.75, 3.05) is 18.8 Å². The van der Waals surface area contributed by atoms with Gasteiger partial charge in [-0.1, -0.05) is 13.8 Å². The van der Waals surface area contributed by atoms with E-state index in [-0.39, 0.29) is 29.0 Å². The summed E-state index contributed by atoms with van der Waals surface area (Å²) in [7, 11) is -6.75. The highest BCUT2D eigenvalue weighted by atomic mass is 79.9. The zero-order valence-electron chi connectivity index (χ0n) is 11.1. The largest absolute Gasteiger partial charge is 0.252 e. The molecular formula is C11H16BrNO4S3. The molecule has 20 heavy (non-hydrogen) atoms. The van der Waals surface area contributed by atoms with Crippen LogP contribution in [0.2, 0.25) is 0 Å². The monoisotopic (exact) mass is 401 g/mol. The van der Waals surface area contributed by atoms with Gasteiger partial charge >= 0.3 is 0 Å². The second-order valence-electron chi connectivity index (χ2n) is 5.23. The molecule has 0 N–H and O–H groups in total. The Morgan fingerprint density at radius 2 is 1.90 bits per heavy atom. The van der Waals surface area contributed by atoms with Gasteiger partial charge in [0.1, 0.15) is 4.21 Å². The van der Waals surface area contributed by atoms with E-state index >= 15 is 0 Å². The lowest BCUT2D eigenvalue weighted by atomic mass is 10.3. The van der Waals surface area contributed by atoms with Gasteiger partial charge in [0, 0.05) is 13.1 Å². The summed E-state index contributed by atoms with van der Waals surface area (Å²) in [4.78, 5) is 0. The first kappa shape index (κ1) is 16.4. The van der Waals surface area contributed by atoms with Crippen molar-refractivity contribution in [1.82, 2.24) is 4.31 Å². The van der Waals surface area contributed by atoms with E-state index in [2.05, 4.69) is 15.9 Å². The van der Waals surface area contributed by atoms with Crippen molar-refractivity contribution in [1.29, 1.82) is 0 Å². The highest BCUT2D eigenvalue weighted by Gasteiger charge is 2.43. The maximum Gasteiger partial charge on any atom is 0.252 e. The Morgan fingerprint density at radius 3 is 2.35 bits per heavy atom. The summed E-state index contributed by atoms with van der Waals surface area (Å²) in [6.45, 7) is 3.81. The van der Waals surface area contributed by atoms with Gasteiger partial charge in [-0.05, 0) is 34.0 Å². The number of rotatable bonds is 5. The molecule has 0 radical (unpaired) electrons. The van der Waals surface area contributed by atoms with Crippen LogP contribution >= 0.6 is 27.3 Å². The predicted molar refractivity (Wildman–Crippen MR) is 83.2 cm³/mol. The van der Waals surface area contributed by atoms with Crippen molar-refractivity contribution >= 4 is 47.1 Å². The molecular weight excluding hydrogens is 386 g/mol. The van der Waals surface area contributed by atoms with Crippen LogP contribution in [0, 0.1) is 5.92 Å². The lowest BCUT2D eigenvalue weighted by Gasteiger charge is -2.37. The molecule has 2 rings (SSSR count). The molecule has 114 valence electrons. The average Bonchev–Trinajstić information content (AvgIpc) is 2.59. The molecule has 1 aromatic heterocycles. The summed E-state index contributed by atoms with van der Waals surface area (Å²) in [6.07, 6.45) is 0. The van der Waals surface area contributed by atoms with E-state index in [4.69, 9.17) is 0 Å². The molecule has 1 fully saturated rings. The molecule has 1 saturated heterocycles. The molecule has 0 spiro atoms. The molecule has 0 aromatic carbocycles. The average molecular weight is 402 g/mol. The van der Waals surface area contributed by atoms with Gasteiger partial charge < -0.3 is 0 Å². The molecule has 5 nitrogen and oxygen atoms in total. The Labute approximate surface area is 132 Å². The van der Waals surface area contributed by atoms with Crippen molar-refractivity contribution in [3.63, 3.8) is 0 Å². The molecule has 0 atom stereocenters. The molecule has 9 heteroatoms. The van der Waals surface area contributed by atoms with Gasteiger partial charge in [0.05, 0.1) is 14.8 Å². The highest BCUT2D eigenvalue weighted by Crippen LogP contribution is 2.32. The van der Waals surface area contributed by atoms with E-state index in [1.165, 1.54) is 10.4 Å². The van der Waals surface area contributed by atoms with Crippen molar-refractivity contribution in [3.8, 4) is 0 Å². The standard InChI is InChI=1S/C11H16BrNO4S3/c1-8(2)7-19(14,15)9-5-13(6-9)20(16,17)11-4-3-10(12)18-11/h3-4,8-9H,5-7H2,1-2H3. The molecule has 0 bridgehead atoms. The van der Waals surface area contributed by atoms with Crippen LogP contribution in [0.4, 0.5) is 0 Å². The van der Waals surface area contributed by atoms with E-state index < -0.39 is 25.1 Å². The SMILES string of the molecule is CC(C)CS(=O)(=O)C1CN(S(=O)(=O)c2ccc(Br)s2)C1. The van der Waals surface area contributed by atoms with E-state index in [1.807, 2.05) is 13.8 Å². The lowest BCUT2D eigenvalue weighted by Crippen LogP contribution is -2.57. The topological polar surface area (TPSA) is 71.5 Å². The smallest absolute Gasteiger partial charge is 0.228 e. The number of nitrogens with zero attached hydrogens (tertiary/aromatic N) is 1. The Kier molecular flexibility index (Phi) is 4.66. The maximum atomic E-state index is 12.2. The first-order valence-corrected chi connectivity index (χ1v) is 10.9. The van der Waals surface area contributed by atoms with E-state index in [1.54, 1.807) is 6.07 Å². The van der Waals surface area contributed by atoms with Crippen LogP contribution in [-0.4, -0.2) is 45.2 Å². The maximum absolute atomic E-state index is 12.2. The second kappa shape index (κ2) is 5.68. The Bertz CT molecular complexity index is 687. The van der Waals surface area contributed by atoms with Gasteiger partial charge in [-0.15, -0.1) is 11.3 Å². The molecule has 0 aliphatic carbocycles. The van der Waals surface area contributed by atoms with Crippen LogP contribution in [0.5, 0.6) is 0 Å². The third-order valence-corrected chi connectivity index (χ3v) is 9.40. The van der Waals surface area contributed by atoms with Crippen molar-refractivity contribution in [3.05, 3.63) is 15.9 Å². The number of sulfone groups is 1. The summed E-state index contributed by atoms with van der Waals surface area (Å²) >= 11 is 4.35. The van der Waals surface area contributed by atoms with Crippen LogP contribution in [0.3, 0.4) is 0 Å². The van der Waals surface area contributed by atoms with Gasteiger partial charge in [0.2, 0.25) is 0 Å². The van der Waals surface area contributed by atoms with Gasteiger partial charge in [0.25, 0.3) is 10.0 Å². The minimum absolute atomic E-state index is 0.0545. The fourth-order valence-electron chi connectivity index (χ4n) is 1.99. The third-order valence-electron chi connectivity index (χ3n) is 3.03. The zero-order valence-corrected chi connectivity index (χ0v) is 15.1. The van der Waals surface area contributed by atoms with Gasteiger partial charge in [-0.3, -0.25) is 0 Å². The van der Waals surface area contributed by atoms with E-state index in [9.17, 15) is 16.8 Å². The molecule has 1 aliphatic rings. The fourth-order valence-corrected chi connectivity index (χ4v) is 7.89. The van der Waals surface area contributed by atoms with Gasteiger partial charge in [-0.25, -0.2) is 16.8 Å². The summed E-state index contributed by atoms with van der Waals surface area (Å²) in [5.41, 5.74) is 0. The molecule has 0 saturated carbocycles. The number of sulfonamides is 1. The first-order chi connectivity index (χ1) is 9.13. The number of hydrogen-bond donors (Lipinski definition) is 0. The van der Waals surface area contributed by atoms with E-state index in [0.717, 1.165) is 15.1 Å². The van der Waals surface area contributed by atoms with Gasteiger partial charge in [-0.2, -0.15) is 4.31 Å². The quantitative estimate of drug-likeness (QED) is 0.755. The molecule has 1 aromatic rings. The number of thiophene rings is 1. The minimum atomic E-state index is -3.55. The number of halogens is 1. The van der Waals surface area contributed by atoms with Gasteiger partial charge in [0.15, 0.2) is 9.84 Å². The van der Waals surface area contributed by atoms with Crippen LogP contribution in [-0.2, 0) is 19.9 Å². The van der Waals surface area contributed by atoms with Crippen molar-refractivity contribution in [2.24, 2.45) is 5.92 Å². The predicted octanol–water partition coefficient (Wildman–Crippen LogP) is 1.95. The van der Waals surface area contributed by atoms with Crippen LogP contribution in [0.25, 0.3) is 0 Å². The van der Waals surface area contributed by atoms with Crippen molar-refractivity contribution in [2.45, 2.75) is 23.3 Å². The summed E-state index contributed by atoms with van der Waals surface area (Å²) in [5, 5.41) is -0.567. The molecule has 1 aliphatic heterocycles. The van der Waals surface area contributed by atoms with Crippen LogP contribution in [0.15, 0.2) is 20.1 Å². The summed E-state index contributed by atoms with van der Waals surface area (Å²) in [5.74, 6) is 0.162. The third kappa shape index (κ3) is 3.27. The van der Waals surface area contributed by atoms with Crippen molar-refractivity contribution < 1.29 is 16.8 Å². The lowest BCUT2D eigenvalue weighted by molar-refractivity contribution is 0.310. The fraction of sp³-hybridized carbons (Fsp3) is 0.636. The zero-order chi connectivity index (χ0) is 15.1. The van der Waals surface area contributed by atoms with E-state index in [0.29, 0.717) is 0 Å². The Morgan fingerprint density at radius 1 is 1.30 bits per heavy atom. The summed E-state index contributed by atoms with van der Waals surface area (Å²) in [6, 6.07) is 3.20. The Balaban J connectivity index is 2.07. The normalized spacial score (nSPS) is 18.4. The van der Waals surface area contributed by atoms with Crippen LogP contribution in [0.1, 0.15) is 13.8 Å². The summed E-state index contributed by atoms with van der Waals surface area (Å²) < 4.78 is 50.7. The number of hydrogen-bond acceptors (Lipinski definition) is 5. The first-order valence-electron chi connectivity index (χ1n) is 6.10. The van der Waals surface area contributed by atoms with Crippen LogP contribution < -0.4 is 0 Å². The minimum Gasteiger partial charge on any atom is -0.228 e. The molecule has 2 heterocycles. The second-order valence-corrected chi connectivity index (χ2v) is 12.2. The molecule has 0 unspecified atom stereocenters. The highest BCUT2D eigenvalue weighted by molar-refractivity contribution is 9.11. The molecule has 0 amide bonds. The Hall–Kier alpha value is 0.0400.